The highest BCUT2D eigenvalue weighted by atomic mass is 19.4. The maximum Gasteiger partial charge on any atom is 0.490 e. The first-order chi connectivity index (χ1) is 16.2. The number of nitrogens with zero attached hydrogens (tertiary/aromatic N) is 4. The predicted molar refractivity (Wildman–Crippen MR) is 114 cm³/mol. The SMILES string of the molecule is O=C(NCCO)c1cc(-c2cnc(N3CCOCC3)nc2)cn1CC1CC1.O=C(O)C(F)(F)F. The minimum Gasteiger partial charge on any atom is -0.475 e. The molecule has 1 saturated carbocycles. The summed E-state index contributed by atoms with van der Waals surface area (Å²) >= 11 is 0. The Morgan fingerprint density at radius 2 is 1.76 bits per heavy atom. The lowest BCUT2D eigenvalue weighted by Crippen LogP contribution is -2.37. The summed E-state index contributed by atoms with van der Waals surface area (Å²) in [5.74, 6) is -1.57. The molecule has 2 aromatic heterocycles. The van der Waals surface area contributed by atoms with E-state index in [0.717, 1.165) is 30.8 Å². The fraction of sp³-hybridized carbons (Fsp3) is 0.524. The van der Waals surface area contributed by atoms with Crippen molar-refractivity contribution in [1.82, 2.24) is 19.9 Å². The minimum absolute atomic E-state index is 0.0707. The number of anilines is 1. The van der Waals surface area contributed by atoms with Gasteiger partial charge in [0.25, 0.3) is 5.91 Å². The number of aliphatic hydroxyl groups is 1. The lowest BCUT2D eigenvalue weighted by molar-refractivity contribution is -0.192. The average molecular weight is 485 g/mol. The predicted octanol–water partition coefficient (Wildman–Crippen LogP) is 1.55. The zero-order valence-corrected chi connectivity index (χ0v) is 18.3. The molecule has 1 amide bonds. The number of amides is 1. The topological polar surface area (TPSA) is 130 Å². The van der Waals surface area contributed by atoms with Gasteiger partial charge < -0.3 is 29.7 Å². The Morgan fingerprint density at radius 3 is 2.29 bits per heavy atom. The van der Waals surface area contributed by atoms with Crippen molar-refractivity contribution in [3.8, 4) is 11.1 Å². The third kappa shape index (κ3) is 7.15. The molecule has 3 heterocycles. The Hall–Kier alpha value is -3.19. The van der Waals surface area contributed by atoms with E-state index < -0.39 is 12.1 Å². The summed E-state index contributed by atoms with van der Waals surface area (Å²) in [7, 11) is 0. The van der Waals surface area contributed by atoms with Gasteiger partial charge in [0.05, 0.1) is 19.8 Å². The summed E-state index contributed by atoms with van der Waals surface area (Å²) in [6.45, 7) is 4.01. The van der Waals surface area contributed by atoms with E-state index in [1.54, 1.807) is 0 Å². The fourth-order valence-electron chi connectivity index (χ4n) is 3.25. The number of alkyl halides is 3. The molecule has 34 heavy (non-hydrogen) atoms. The Labute approximate surface area is 193 Å². The summed E-state index contributed by atoms with van der Waals surface area (Å²) in [4.78, 5) is 32.4. The molecule has 10 nitrogen and oxygen atoms in total. The minimum atomic E-state index is -5.08. The molecule has 0 unspecified atom stereocenters. The van der Waals surface area contributed by atoms with Crippen LogP contribution in [0.5, 0.6) is 0 Å². The van der Waals surface area contributed by atoms with Crippen molar-refractivity contribution in [2.75, 3.05) is 44.4 Å². The van der Waals surface area contributed by atoms with Crippen molar-refractivity contribution in [1.29, 1.82) is 0 Å². The number of rotatable bonds is 7. The number of morpholine rings is 1. The van der Waals surface area contributed by atoms with E-state index in [0.29, 0.717) is 30.8 Å². The third-order valence-corrected chi connectivity index (χ3v) is 5.19. The number of hydrogen-bond donors (Lipinski definition) is 3. The second kappa shape index (κ2) is 11.3. The number of carboxylic acids is 1. The van der Waals surface area contributed by atoms with Gasteiger partial charge in [0.15, 0.2) is 0 Å². The number of aromatic nitrogens is 3. The Kier molecular flexibility index (Phi) is 8.45. The highest BCUT2D eigenvalue weighted by Crippen LogP contribution is 2.32. The first kappa shape index (κ1) is 25.4. The van der Waals surface area contributed by atoms with Crippen LogP contribution >= 0.6 is 0 Å². The first-order valence-electron chi connectivity index (χ1n) is 10.7. The number of carbonyl (C=O) groups is 2. The molecule has 0 radical (unpaired) electrons. The van der Waals surface area contributed by atoms with Gasteiger partial charge in [-0.2, -0.15) is 13.2 Å². The van der Waals surface area contributed by atoms with Crippen LogP contribution in [-0.2, 0) is 16.1 Å². The van der Waals surface area contributed by atoms with Gasteiger partial charge in [0.2, 0.25) is 5.95 Å². The summed E-state index contributed by atoms with van der Waals surface area (Å²) in [6, 6.07) is 1.88. The zero-order valence-electron chi connectivity index (χ0n) is 18.3. The van der Waals surface area contributed by atoms with Crippen LogP contribution in [0.4, 0.5) is 19.1 Å². The Bertz CT molecular complexity index is 970. The number of nitrogens with one attached hydrogen (secondary N) is 1. The molecule has 186 valence electrons. The average Bonchev–Trinajstić information content (AvgIpc) is 3.54. The van der Waals surface area contributed by atoms with Gasteiger partial charge in [-0.15, -0.1) is 0 Å². The number of aliphatic carboxylic acids is 1. The summed E-state index contributed by atoms with van der Waals surface area (Å²) in [5, 5.41) is 18.8. The van der Waals surface area contributed by atoms with E-state index in [1.165, 1.54) is 12.8 Å². The van der Waals surface area contributed by atoms with Crippen LogP contribution in [0.15, 0.2) is 24.7 Å². The van der Waals surface area contributed by atoms with E-state index in [9.17, 15) is 18.0 Å². The fourth-order valence-corrected chi connectivity index (χ4v) is 3.25. The molecule has 1 aliphatic carbocycles. The molecular weight excluding hydrogens is 459 g/mol. The van der Waals surface area contributed by atoms with Crippen molar-refractivity contribution < 1.29 is 37.7 Å². The Morgan fingerprint density at radius 1 is 1.15 bits per heavy atom. The van der Waals surface area contributed by atoms with Gasteiger partial charge in [-0.25, -0.2) is 14.8 Å². The van der Waals surface area contributed by atoms with E-state index in [2.05, 4.69) is 20.2 Å². The van der Waals surface area contributed by atoms with Crippen molar-refractivity contribution in [2.24, 2.45) is 5.92 Å². The zero-order chi connectivity index (χ0) is 24.7. The molecule has 2 aliphatic rings. The number of halogens is 3. The van der Waals surface area contributed by atoms with Crippen LogP contribution in [0.25, 0.3) is 11.1 Å². The van der Waals surface area contributed by atoms with Crippen LogP contribution in [0.2, 0.25) is 0 Å². The molecule has 0 aromatic carbocycles. The molecule has 0 spiro atoms. The van der Waals surface area contributed by atoms with E-state index in [-0.39, 0.29) is 19.1 Å². The largest absolute Gasteiger partial charge is 0.490 e. The molecule has 1 saturated heterocycles. The van der Waals surface area contributed by atoms with Crippen molar-refractivity contribution >= 4 is 17.8 Å². The highest BCUT2D eigenvalue weighted by Gasteiger charge is 2.38. The molecule has 0 bridgehead atoms. The summed E-state index contributed by atoms with van der Waals surface area (Å²) in [6.07, 6.45) is 2.96. The molecule has 13 heteroatoms. The number of ether oxygens (including phenoxy) is 1. The van der Waals surface area contributed by atoms with Crippen LogP contribution < -0.4 is 10.2 Å². The van der Waals surface area contributed by atoms with Gasteiger partial charge in [0.1, 0.15) is 5.69 Å². The van der Waals surface area contributed by atoms with Crippen LogP contribution in [-0.4, -0.2) is 82.3 Å². The standard InChI is InChI=1S/C19H25N5O3.C2HF3O2/c25-6-3-20-18(26)17-9-15(13-24(17)12-14-1-2-14)16-10-21-19(22-11-16)23-4-7-27-8-5-23;3-2(4,5)1(6)7/h9-11,13-14,25H,1-8,12H2,(H,20,26);(H,6,7). The molecule has 2 fully saturated rings. The number of carbonyl (C=O) groups excluding carboxylic acids is 1. The van der Waals surface area contributed by atoms with E-state index in [1.807, 2.05) is 29.2 Å². The quantitative estimate of drug-likeness (QED) is 0.539. The molecular formula is C21H26F3N5O5. The lowest BCUT2D eigenvalue weighted by atomic mass is 10.2. The van der Waals surface area contributed by atoms with E-state index >= 15 is 0 Å². The van der Waals surface area contributed by atoms with Crippen molar-refractivity contribution in [3.63, 3.8) is 0 Å². The van der Waals surface area contributed by atoms with Gasteiger partial charge in [0, 0.05) is 55.9 Å². The van der Waals surface area contributed by atoms with Crippen molar-refractivity contribution in [3.05, 3.63) is 30.4 Å². The molecule has 0 atom stereocenters. The second-order valence-electron chi connectivity index (χ2n) is 7.86. The number of carboxylic acid groups (broad SMARTS) is 1. The summed E-state index contributed by atoms with van der Waals surface area (Å²) < 4.78 is 39.1. The normalized spacial score (nSPS) is 15.9. The number of hydrogen-bond acceptors (Lipinski definition) is 7. The van der Waals surface area contributed by atoms with Gasteiger partial charge in [-0.1, -0.05) is 0 Å². The van der Waals surface area contributed by atoms with Crippen molar-refractivity contribution in [2.45, 2.75) is 25.6 Å². The summed E-state index contributed by atoms with van der Waals surface area (Å²) in [5.41, 5.74) is 2.43. The van der Waals surface area contributed by atoms with Gasteiger partial charge in [-0.3, -0.25) is 4.79 Å². The van der Waals surface area contributed by atoms with Crippen LogP contribution in [0.1, 0.15) is 23.3 Å². The number of aliphatic hydroxyl groups excluding tert-OH is 1. The monoisotopic (exact) mass is 485 g/mol. The Balaban J connectivity index is 0.000000406. The third-order valence-electron chi connectivity index (χ3n) is 5.19. The molecule has 4 rings (SSSR count). The first-order valence-corrected chi connectivity index (χ1v) is 10.7. The smallest absolute Gasteiger partial charge is 0.475 e. The molecule has 1 aliphatic heterocycles. The van der Waals surface area contributed by atoms with Crippen LogP contribution in [0, 0.1) is 5.92 Å². The van der Waals surface area contributed by atoms with Crippen LogP contribution in [0.3, 0.4) is 0 Å². The maximum atomic E-state index is 12.4. The maximum absolute atomic E-state index is 12.4. The van der Waals surface area contributed by atoms with Gasteiger partial charge in [-0.05, 0) is 24.8 Å². The van der Waals surface area contributed by atoms with E-state index in [4.69, 9.17) is 19.7 Å². The second-order valence-corrected chi connectivity index (χ2v) is 7.86. The molecule has 2 aromatic rings. The van der Waals surface area contributed by atoms with Gasteiger partial charge >= 0.3 is 12.1 Å². The molecule has 3 N–H and O–H groups in total. The lowest BCUT2D eigenvalue weighted by Gasteiger charge is -2.26. The highest BCUT2D eigenvalue weighted by molar-refractivity contribution is 5.94.